The number of carbonyl (C=O) groups excluding carboxylic acids is 2. The molecule has 0 aliphatic heterocycles. The van der Waals surface area contributed by atoms with Gasteiger partial charge in [-0.05, 0) is 48.5 Å². The molecule has 0 saturated heterocycles. The number of benzene rings is 2. The van der Waals surface area contributed by atoms with Crippen molar-refractivity contribution < 1.29 is 31.2 Å². The molecule has 0 aliphatic rings. The molecule has 0 saturated carbocycles. The molecule has 2 aromatic rings. The summed E-state index contributed by atoms with van der Waals surface area (Å²) >= 11 is 0.880. The van der Waals surface area contributed by atoms with Gasteiger partial charge in [0.1, 0.15) is 0 Å². The van der Waals surface area contributed by atoms with E-state index in [0.29, 0.717) is 5.56 Å². The predicted molar refractivity (Wildman–Crippen MR) is 106 cm³/mol. The van der Waals surface area contributed by atoms with E-state index in [2.05, 4.69) is 0 Å². The zero-order chi connectivity index (χ0) is 21.8. The van der Waals surface area contributed by atoms with Gasteiger partial charge < -0.3 is 0 Å². The van der Waals surface area contributed by atoms with Crippen molar-refractivity contribution in [2.75, 3.05) is 22.4 Å². The fourth-order valence-corrected chi connectivity index (χ4v) is 3.98. The molecule has 29 heavy (non-hydrogen) atoms. The summed E-state index contributed by atoms with van der Waals surface area (Å²) in [5, 5.41) is 1.11. The van der Waals surface area contributed by atoms with Crippen LogP contribution in [0.15, 0.2) is 53.4 Å². The number of nitrogens with zero attached hydrogens (tertiary/aromatic N) is 1. The monoisotopic (exact) mass is 446 g/mol. The summed E-state index contributed by atoms with van der Waals surface area (Å²) in [5.74, 6) is -0.281. The molecule has 11 heteroatoms. The molecule has 0 heterocycles. The summed E-state index contributed by atoms with van der Waals surface area (Å²) in [6, 6.07) is 9.92. The minimum atomic E-state index is -4.63. The van der Waals surface area contributed by atoms with Gasteiger partial charge in [-0.25, -0.2) is 8.42 Å². The second-order valence-corrected chi connectivity index (χ2v) is 8.99. The molecule has 0 atom stereocenters. The maximum absolute atomic E-state index is 12.7. The van der Waals surface area contributed by atoms with Crippen LogP contribution in [0.25, 0.3) is 0 Å². The first kappa shape index (κ1) is 22.8. The summed E-state index contributed by atoms with van der Waals surface area (Å²) in [5.41, 5.74) is 0.305. The van der Waals surface area contributed by atoms with E-state index < -0.39 is 16.3 Å². The van der Waals surface area contributed by atoms with Crippen molar-refractivity contribution in [2.24, 2.45) is 0 Å². The average molecular weight is 446 g/mol. The SMILES string of the molecule is CC(=O)SCC(=O)c1ccc(N(C)S(=O)(=O)c2ccc(NC(F)(F)F)cc2)cc1. The van der Waals surface area contributed by atoms with Crippen LogP contribution in [0.1, 0.15) is 17.3 Å². The molecule has 0 spiro atoms. The molecule has 1 N–H and O–H groups in total. The van der Waals surface area contributed by atoms with Gasteiger partial charge in [-0.3, -0.25) is 19.2 Å². The molecule has 0 radical (unpaired) electrons. The third-order valence-electron chi connectivity index (χ3n) is 3.76. The fraction of sp³-hybridized carbons (Fsp3) is 0.222. The lowest BCUT2D eigenvalue weighted by Crippen LogP contribution is -2.26. The number of halogens is 3. The highest BCUT2D eigenvalue weighted by atomic mass is 32.2. The van der Waals surface area contributed by atoms with Crippen molar-refractivity contribution in [1.82, 2.24) is 0 Å². The lowest BCUT2D eigenvalue weighted by molar-refractivity contribution is -0.109. The Morgan fingerprint density at radius 1 is 1.03 bits per heavy atom. The van der Waals surface area contributed by atoms with Crippen molar-refractivity contribution in [1.29, 1.82) is 0 Å². The number of ketones is 1. The van der Waals surface area contributed by atoms with Gasteiger partial charge in [0.05, 0.1) is 16.3 Å². The van der Waals surface area contributed by atoms with Crippen LogP contribution in [0.2, 0.25) is 0 Å². The minimum Gasteiger partial charge on any atom is -0.298 e. The zero-order valence-corrected chi connectivity index (χ0v) is 17.0. The van der Waals surface area contributed by atoms with Crippen molar-refractivity contribution in [2.45, 2.75) is 18.1 Å². The molecule has 0 bridgehead atoms. The number of alkyl halides is 3. The highest BCUT2D eigenvalue weighted by Gasteiger charge is 2.27. The summed E-state index contributed by atoms with van der Waals surface area (Å²) in [4.78, 5) is 22.7. The number of rotatable bonds is 7. The van der Waals surface area contributed by atoms with Gasteiger partial charge in [0.2, 0.25) is 0 Å². The number of hydrogen-bond donors (Lipinski definition) is 1. The molecule has 2 aromatic carbocycles. The molecule has 0 aliphatic carbocycles. The van der Waals surface area contributed by atoms with E-state index in [1.807, 2.05) is 0 Å². The van der Waals surface area contributed by atoms with Crippen LogP contribution in [0, 0.1) is 0 Å². The molecular weight excluding hydrogens is 429 g/mol. The number of thioether (sulfide) groups is 1. The quantitative estimate of drug-likeness (QED) is 0.513. The van der Waals surface area contributed by atoms with E-state index in [9.17, 15) is 31.2 Å². The van der Waals surface area contributed by atoms with Gasteiger partial charge in [0.25, 0.3) is 10.0 Å². The van der Waals surface area contributed by atoms with E-state index in [1.165, 1.54) is 43.6 Å². The third-order valence-corrected chi connectivity index (χ3v) is 6.37. The first-order valence-electron chi connectivity index (χ1n) is 8.11. The van der Waals surface area contributed by atoms with Crippen molar-refractivity contribution in [3.05, 3.63) is 54.1 Å². The highest BCUT2D eigenvalue weighted by molar-refractivity contribution is 8.14. The smallest absolute Gasteiger partial charge is 0.298 e. The number of Topliss-reactive ketones (excluding diaryl/α,β-unsaturated/α-hetero) is 1. The molecule has 156 valence electrons. The van der Waals surface area contributed by atoms with Crippen LogP contribution in [0.5, 0.6) is 0 Å². The molecule has 0 aromatic heterocycles. The summed E-state index contributed by atoms with van der Waals surface area (Å²) in [6.45, 7) is 1.35. The van der Waals surface area contributed by atoms with E-state index in [0.717, 1.165) is 40.3 Å². The third kappa shape index (κ3) is 6.23. The van der Waals surface area contributed by atoms with Gasteiger partial charge in [-0.15, -0.1) is 0 Å². The van der Waals surface area contributed by atoms with Gasteiger partial charge in [0, 0.05) is 25.2 Å². The van der Waals surface area contributed by atoms with Crippen molar-refractivity contribution in [3.8, 4) is 0 Å². The molecule has 0 fully saturated rings. The number of carbonyl (C=O) groups is 2. The Labute approximate surface area is 170 Å². The van der Waals surface area contributed by atoms with Crippen LogP contribution in [0.4, 0.5) is 24.5 Å². The normalized spacial score (nSPS) is 11.8. The largest absolute Gasteiger partial charge is 0.482 e. The Hall–Kier alpha value is -2.53. The van der Waals surface area contributed by atoms with Crippen LogP contribution in [-0.4, -0.2) is 38.4 Å². The Morgan fingerprint density at radius 3 is 2.07 bits per heavy atom. The van der Waals surface area contributed by atoms with E-state index in [1.54, 1.807) is 0 Å². The van der Waals surface area contributed by atoms with Gasteiger partial charge >= 0.3 is 6.30 Å². The topological polar surface area (TPSA) is 83.6 Å². The second kappa shape index (κ2) is 8.87. The lowest BCUT2D eigenvalue weighted by atomic mass is 10.1. The fourth-order valence-electron chi connectivity index (χ4n) is 2.28. The molecule has 0 unspecified atom stereocenters. The van der Waals surface area contributed by atoms with Crippen molar-refractivity contribution in [3.63, 3.8) is 0 Å². The van der Waals surface area contributed by atoms with Gasteiger partial charge in [-0.2, -0.15) is 13.2 Å². The molecule has 2 rings (SSSR count). The standard InChI is InChI=1S/C18H17F3N2O4S2/c1-12(24)28-11-17(25)13-3-7-15(8-4-13)23(2)29(26,27)16-9-5-14(6-10-16)22-18(19,20)21/h3-10,22H,11H2,1-2H3. The number of anilines is 2. The highest BCUT2D eigenvalue weighted by Crippen LogP contribution is 2.25. The molecule has 0 amide bonds. The van der Waals surface area contributed by atoms with Crippen LogP contribution >= 0.6 is 11.8 Å². The van der Waals surface area contributed by atoms with Crippen LogP contribution in [-0.2, 0) is 14.8 Å². The summed E-state index contributed by atoms with van der Waals surface area (Å²) < 4.78 is 63.3. The lowest BCUT2D eigenvalue weighted by Gasteiger charge is -2.20. The first-order valence-corrected chi connectivity index (χ1v) is 10.5. The maximum Gasteiger partial charge on any atom is 0.482 e. The zero-order valence-electron chi connectivity index (χ0n) is 15.4. The Morgan fingerprint density at radius 2 is 1.59 bits per heavy atom. The number of hydrogen-bond acceptors (Lipinski definition) is 6. The van der Waals surface area contributed by atoms with Gasteiger partial charge in [0.15, 0.2) is 10.9 Å². The van der Waals surface area contributed by atoms with E-state index >= 15 is 0 Å². The number of sulfonamides is 1. The van der Waals surface area contributed by atoms with Gasteiger partial charge in [-0.1, -0.05) is 11.8 Å². The molecule has 6 nitrogen and oxygen atoms in total. The van der Waals surface area contributed by atoms with Crippen LogP contribution in [0.3, 0.4) is 0 Å². The minimum absolute atomic E-state index is 0.0128. The first-order chi connectivity index (χ1) is 13.4. The number of nitrogens with one attached hydrogen (secondary N) is 1. The predicted octanol–water partition coefficient (Wildman–Crippen LogP) is 3.91. The second-order valence-electron chi connectivity index (χ2n) is 5.87. The Bertz CT molecular complexity index is 989. The average Bonchev–Trinajstić information content (AvgIpc) is 2.64. The van der Waals surface area contributed by atoms with Crippen molar-refractivity contribution >= 4 is 44.1 Å². The maximum atomic E-state index is 12.7. The summed E-state index contributed by atoms with van der Waals surface area (Å²) in [7, 11) is -2.73. The Balaban J connectivity index is 2.16. The van der Waals surface area contributed by atoms with E-state index in [4.69, 9.17) is 0 Å². The van der Waals surface area contributed by atoms with Crippen LogP contribution < -0.4 is 9.62 Å². The Kier molecular flexibility index (Phi) is 6.96. The molecular formula is C18H17F3N2O4S2. The van der Waals surface area contributed by atoms with E-state index in [-0.39, 0.29) is 32.9 Å². The summed E-state index contributed by atoms with van der Waals surface area (Å²) in [6.07, 6.45) is -4.63.